The van der Waals surface area contributed by atoms with Crippen LogP contribution in [0.1, 0.15) is 87.5 Å². The Balaban J connectivity index is 1.43. The first-order chi connectivity index (χ1) is 18.3. The average Bonchev–Trinajstić information content (AvgIpc) is 3.24. The fourth-order valence-electron chi connectivity index (χ4n) is 8.61. The lowest BCUT2D eigenvalue weighted by Crippen LogP contribution is -2.66. The molecule has 0 bridgehead atoms. The first kappa shape index (κ1) is 28.6. The van der Waals surface area contributed by atoms with E-state index in [0.29, 0.717) is 12.5 Å². The summed E-state index contributed by atoms with van der Waals surface area (Å²) in [7, 11) is -2.55. The van der Waals surface area contributed by atoms with E-state index in [9.17, 15) is 0 Å². The van der Waals surface area contributed by atoms with E-state index in [2.05, 4.69) is 134 Å². The van der Waals surface area contributed by atoms with Gasteiger partial charge in [-0.15, -0.1) is 0 Å². The Morgan fingerprint density at radius 2 is 1.49 bits per heavy atom. The van der Waals surface area contributed by atoms with Crippen LogP contribution in [0.15, 0.2) is 84.5 Å². The summed E-state index contributed by atoms with van der Waals surface area (Å²) in [5.41, 5.74) is 1.36. The van der Waals surface area contributed by atoms with Gasteiger partial charge in [0.25, 0.3) is 8.32 Å². The van der Waals surface area contributed by atoms with Crippen LogP contribution in [-0.4, -0.2) is 26.1 Å². The van der Waals surface area contributed by atoms with Crippen molar-refractivity contribution in [2.24, 2.45) is 16.7 Å². The van der Waals surface area contributed by atoms with E-state index in [-0.39, 0.29) is 27.1 Å². The minimum absolute atomic E-state index is 0.0161. The summed E-state index contributed by atoms with van der Waals surface area (Å²) in [6.07, 6.45) is 12.7. The molecule has 3 heteroatoms. The average molecular weight is 543 g/mol. The zero-order chi connectivity index (χ0) is 28.2. The molecule has 1 spiro atoms. The van der Waals surface area contributed by atoms with Gasteiger partial charge in [-0.05, 0) is 78.3 Å². The van der Waals surface area contributed by atoms with E-state index in [0.717, 1.165) is 32.1 Å². The summed E-state index contributed by atoms with van der Waals surface area (Å²) in [6.45, 7) is 19.8. The summed E-state index contributed by atoms with van der Waals surface area (Å²) in [6, 6.07) is 22.0. The third-order valence-electron chi connectivity index (χ3n) is 10.8. The molecule has 1 heterocycles. The summed E-state index contributed by atoms with van der Waals surface area (Å²) in [5, 5.41) is 2.67. The molecule has 2 aliphatic carbocycles. The van der Waals surface area contributed by atoms with Crippen LogP contribution in [0.2, 0.25) is 5.04 Å². The SMILES string of the molecule is CC1=CC[C@H]2C(C)(C)C=CC[C@]2(C)[C@@]12CC[C@@](C)(CCO[Si](c1ccccc1)(c1ccccc1)C(C)(C)C)O2. The zero-order valence-electron chi connectivity index (χ0n) is 25.6. The summed E-state index contributed by atoms with van der Waals surface area (Å²) in [4.78, 5) is 0. The van der Waals surface area contributed by atoms with Gasteiger partial charge < -0.3 is 9.16 Å². The highest BCUT2D eigenvalue weighted by Gasteiger charge is 2.63. The molecule has 39 heavy (non-hydrogen) atoms. The second-order valence-electron chi connectivity index (χ2n) is 14.7. The molecule has 5 rings (SSSR count). The maximum Gasteiger partial charge on any atom is 0.261 e. The number of allylic oxidation sites excluding steroid dienone is 3. The van der Waals surface area contributed by atoms with Gasteiger partial charge in [0.05, 0.1) is 11.2 Å². The number of benzene rings is 2. The second kappa shape index (κ2) is 9.85. The minimum atomic E-state index is -2.55. The highest BCUT2D eigenvalue weighted by molar-refractivity contribution is 6.99. The third kappa shape index (κ3) is 4.53. The summed E-state index contributed by atoms with van der Waals surface area (Å²) in [5.74, 6) is 0.592. The highest BCUT2D eigenvalue weighted by atomic mass is 28.4. The standard InChI is InChI=1S/C36H50O2Si/c1-28-20-21-31-33(5,6)22-15-23-35(31,8)36(28)25-24-34(7,38-36)26-27-37-39(32(2,3)4,29-16-11-9-12-17-29)30-18-13-10-14-19-30/h9-20,22,31H,21,23-27H2,1-8H3/t31-,34-,35-,36+/m0/s1. The van der Waals surface area contributed by atoms with Crippen molar-refractivity contribution in [1.82, 2.24) is 0 Å². The van der Waals surface area contributed by atoms with Crippen molar-refractivity contribution in [2.45, 2.75) is 104 Å². The Bertz CT molecular complexity index is 1180. The van der Waals surface area contributed by atoms with Gasteiger partial charge in [0.15, 0.2) is 0 Å². The fourth-order valence-corrected chi connectivity index (χ4v) is 13.2. The second-order valence-corrected chi connectivity index (χ2v) is 19.0. The molecule has 0 amide bonds. The van der Waals surface area contributed by atoms with Crippen molar-refractivity contribution >= 4 is 18.7 Å². The van der Waals surface area contributed by atoms with Crippen LogP contribution in [-0.2, 0) is 9.16 Å². The molecule has 2 nitrogen and oxygen atoms in total. The molecule has 0 aromatic heterocycles. The van der Waals surface area contributed by atoms with Crippen LogP contribution in [0.3, 0.4) is 0 Å². The molecule has 3 aliphatic rings. The molecule has 1 aliphatic heterocycles. The number of hydrogen-bond acceptors (Lipinski definition) is 2. The zero-order valence-corrected chi connectivity index (χ0v) is 26.6. The number of ether oxygens (including phenoxy) is 1. The van der Waals surface area contributed by atoms with E-state index < -0.39 is 8.32 Å². The van der Waals surface area contributed by atoms with E-state index in [1.165, 1.54) is 15.9 Å². The molecule has 210 valence electrons. The molecule has 0 N–H and O–H groups in total. The van der Waals surface area contributed by atoms with Crippen molar-refractivity contribution in [1.29, 1.82) is 0 Å². The van der Waals surface area contributed by atoms with Crippen molar-refractivity contribution in [3.63, 3.8) is 0 Å². The van der Waals surface area contributed by atoms with Crippen LogP contribution in [0.4, 0.5) is 0 Å². The topological polar surface area (TPSA) is 18.5 Å². The first-order valence-electron chi connectivity index (χ1n) is 15.1. The Hall–Kier alpha value is -1.94. The maximum absolute atomic E-state index is 7.40. The van der Waals surface area contributed by atoms with Gasteiger partial charge in [0, 0.05) is 12.0 Å². The smallest absolute Gasteiger partial charge is 0.261 e. The van der Waals surface area contributed by atoms with Gasteiger partial charge >= 0.3 is 0 Å². The maximum atomic E-state index is 7.40. The molecule has 2 aromatic carbocycles. The van der Waals surface area contributed by atoms with E-state index in [1.807, 2.05) is 0 Å². The highest BCUT2D eigenvalue weighted by Crippen LogP contribution is 2.65. The van der Waals surface area contributed by atoms with Crippen LogP contribution in [0.5, 0.6) is 0 Å². The molecule has 0 radical (unpaired) electrons. The molecule has 1 saturated heterocycles. The van der Waals surface area contributed by atoms with Crippen LogP contribution in [0, 0.1) is 16.7 Å². The van der Waals surface area contributed by atoms with E-state index >= 15 is 0 Å². The van der Waals surface area contributed by atoms with Gasteiger partial charge in [0.2, 0.25) is 0 Å². The number of fused-ring (bicyclic) bond motifs is 2. The lowest BCUT2D eigenvalue weighted by atomic mass is 9.48. The van der Waals surface area contributed by atoms with Crippen LogP contribution in [0.25, 0.3) is 0 Å². The normalized spacial score (nSPS) is 32.2. The minimum Gasteiger partial charge on any atom is -0.407 e. The third-order valence-corrected chi connectivity index (χ3v) is 15.8. The quantitative estimate of drug-likeness (QED) is 0.270. The van der Waals surface area contributed by atoms with Gasteiger partial charge in [0.1, 0.15) is 0 Å². The van der Waals surface area contributed by atoms with Gasteiger partial charge in [-0.1, -0.05) is 120 Å². The molecule has 2 aromatic rings. The molecular formula is C36H50O2Si. The van der Waals surface area contributed by atoms with Crippen molar-refractivity contribution in [3.8, 4) is 0 Å². The van der Waals surface area contributed by atoms with Gasteiger partial charge in [-0.25, -0.2) is 0 Å². The van der Waals surface area contributed by atoms with Crippen molar-refractivity contribution in [3.05, 3.63) is 84.5 Å². The Labute approximate surface area is 239 Å². The van der Waals surface area contributed by atoms with Crippen LogP contribution >= 0.6 is 0 Å². The lowest BCUT2D eigenvalue weighted by Gasteiger charge is -2.59. The first-order valence-corrected chi connectivity index (χ1v) is 17.0. The summed E-state index contributed by atoms with van der Waals surface area (Å²) < 4.78 is 14.7. The van der Waals surface area contributed by atoms with Gasteiger partial charge in [-0.2, -0.15) is 0 Å². The lowest BCUT2D eigenvalue weighted by molar-refractivity contribution is -0.174. The monoisotopic (exact) mass is 542 g/mol. The summed E-state index contributed by atoms with van der Waals surface area (Å²) >= 11 is 0. The van der Waals surface area contributed by atoms with Crippen molar-refractivity contribution < 1.29 is 9.16 Å². The Morgan fingerprint density at radius 1 is 0.897 bits per heavy atom. The molecule has 0 saturated carbocycles. The molecular weight excluding hydrogens is 492 g/mol. The number of hydrogen-bond donors (Lipinski definition) is 0. The Kier molecular flexibility index (Phi) is 7.22. The fraction of sp³-hybridized carbons (Fsp3) is 0.556. The van der Waals surface area contributed by atoms with Crippen molar-refractivity contribution in [2.75, 3.05) is 6.61 Å². The van der Waals surface area contributed by atoms with E-state index in [4.69, 9.17) is 9.16 Å². The largest absolute Gasteiger partial charge is 0.407 e. The number of rotatable bonds is 6. The molecule has 0 unspecified atom stereocenters. The Morgan fingerprint density at radius 3 is 2.05 bits per heavy atom. The van der Waals surface area contributed by atoms with Crippen LogP contribution < -0.4 is 10.4 Å². The predicted molar refractivity (Wildman–Crippen MR) is 167 cm³/mol. The molecule has 4 atom stereocenters. The van der Waals surface area contributed by atoms with E-state index in [1.54, 1.807) is 0 Å². The van der Waals surface area contributed by atoms with Gasteiger partial charge in [-0.3, -0.25) is 0 Å². The molecule has 1 fully saturated rings. The predicted octanol–water partition coefficient (Wildman–Crippen LogP) is 8.22.